The number of hydrogen-bond donors (Lipinski definition) is 0. The zero-order valence-electron chi connectivity index (χ0n) is 18.2. The predicted octanol–water partition coefficient (Wildman–Crippen LogP) is 6.94. The van der Waals surface area contributed by atoms with E-state index in [1.54, 1.807) is 11.0 Å². The van der Waals surface area contributed by atoms with Gasteiger partial charge in [-0.15, -0.1) is 0 Å². The van der Waals surface area contributed by atoms with Crippen LogP contribution < -0.4 is 9.54 Å². The summed E-state index contributed by atoms with van der Waals surface area (Å²) >= 11 is 0. The van der Waals surface area contributed by atoms with Gasteiger partial charge in [-0.1, -0.05) is 104 Å². The van der Waals surface area contributed by atoms with E-state index in [9.17, 15) is 0 Å². The van der Waals surface area contributed by atoms with Crippen LogP contribution in [0.3, 0.4) is 0 Å². The highest BCUT2D eigenvalue weighted by Gasteiger charge is 2.42. The fourth-order valence-electron chi connectivity index (χ4n) is 4.30. The second-order valence-electron chi connectivity index (χ2n) is 10.8. The van der Waals surface area contributed by atoms with E-state index in [1.807, 2.05) is 0 Å². The maximum atomic E-state index is 2.94. The van der Waals surface area contributed by atoms with Gasteiger partial charge in [-0.05, 0) is 11.4 Å². The van der Waals surface area contributed by atoms with Gasteiger partial charge in [-0.2, -0.15) is 0 Å². The molecule has 6 heteroatoms. The van der Waals surface area contributed by atoms with E-state index >= 15 is 0 Å². The molecule has 1 aromatic carbocycles. The summed E-state index contributed by atoms with van der Waals surface area (Å²) in [6.45, 7) is 30.7. The van der Waals surface area contributed by atoms with E-state index in [0.29, 0.717) is 0 Å². The van der Waals surface area contributed by atoms with Crippen molar-refractivity contribution in [1.82, 2.24) is 0 Å². The van der Waals surface area contributed by atoms with Crippen LogP contribution >= 0.6 is 7.02 Å². The molecule has 0 saturated heterocycles. The summed E-state index contributed by atoms with van der Waals surface area (Å²) in [6, 6.07) is 9.50. The van der Waals surface area contributed by atoms with Gasteiger partial charge in [0.1, 0.15) is 16.5 Å². The van der Waals surface area contributed by atoms with Gasteiger partial charge in [-0.25, -0.2) is 0 Å². The van der Waals surface area contributed by atoms with E-state index in [4.69, 9.17) is 0 Å². The lowest BCUT2D eigenvalue weighted by Crippen LogP contribution is -2.61. The van der Waals surface area contributed by atoms with E-state index in [2.05, 4.69) is 107 Å². The number of para-hydroxylation sites is 1. The summed E-state index contributed by atoms with van der Waals surface area (Å²) in [7, 11) is -5.30. The maximum Gasteiger partial charge on any atom is 0.138 e. The normalized spacial score (nSPS) is 14.2. The molecule has 0 heterocycles. The third-order valence-electron chi connectivity index (χ3n) is 4.05. The molecule has 1 nitrogen and oxygen atoms in total. The number of nitrogens with zero attached hydrogens (tertiary/aromatic N) is 1. The van der Waals surface area contributed by atoms with Crippen molar-refractivity contribution in [2.24, 2.45) is 0 Å². The lowest BCUT2D eigenvalue weighted by Gasteiger charge is -2.49. The van der Waals surface area contributed by atoms with Gasteiger partial charge in [0.05, 0.1) is 15.5 Å². The van der Waals surface area contributed by atoms with Crippen molar-refractivity contribution in [2.45, 2.75) is 78.6 Å². The molecule has 0 amide bonds. The fourth-order valence-corrected chi connectivity index (χ4v) is 48.1. The van der Waals surface area contributed by atoms with Gasteiger partial charge >= 0.3 is 0 Å². The molecule has 0 radical (unpaired) electrons. The van der Waals surface area contributed by atoms with Crippen LogP contribution in [0.25, 0.3) is 0 Å². The Morgan fingerprint density at radius 2 is 1.00 bits per heavy atom. The van der Waals surface area contributed by atoms with E-state index in [0.717, 1.165) is 0 Å². The van der Waals surface area contributed by atoms with Gasteiger partial charge in [0.25, 0.3) is 0 Å². The van der Waals surface area contributed by atoms with Gasteiger partial charge in [0.2, 0.25) is 0 Å². The number of rotatable bonds is 6. The minimum absolute atomic E-state index is 0.00487. The van der Waals surface area contributed by atoms with Crippen molar-refractivity contribution in [3.05, 3.63) is 24.3 Å². The highest BCUT2D eigenvalue weighted by molar-refractivity contribution is 8.22. The first-order chi connectivity index (χ1) is 10.5. The Hall–Kier alpha value is 0.318. The summed E-state index contributed by atoms with van der Waals surface area (Å²) in [5.74, 6) is 0. The SMILES string of the molecule is C[Si](C)(C)N(c1ccccc1P([Si](C)(C)C)[Si](C)(C)C)[Si](C)(C)C. The summed E-state index contributed by atoms with van der Waals surface area (Å²) < 4.78 is 2.94. The smallest absolute Gasteiger partial charge is 0.138 e. The molecule has 0 unspecified atom stereocenters. The first-order valence-corrected chi connectivity index (χ1v) is 26.1. The van der Waals surface area contributed by atoms with Crippen molar-refractivity contribution in [3.8, 4) is 0 Å². The summed E-state index contributed by atoms with van der Waals surface area (Å²) in [6.07, 6.45) is 0. The summed E-state index contributed by atoms with van der Waals surface area (Å²) in [4.78, 5) is 0. The Morgan fingerprint density at radius 3 is 1.33 bits per heavy atom. The Labute approximate surface area is 156 Å². The zero-order chi connectivity index (χ0) is 19.1. The first-order valence-electron chi connectivity index (χ1n) is 9.17. The number of hydrogen-bond acceptors (Lipinski definition) is 1. The van der Waals surface area contributed by atoms with Crippen LogP contribution in [-0.4, -0.2) is 32.0 Å². The molecule has 0 aliphatic carbocycles. The summed E-state index contributed by atoms with van der Waals surface area (Å²) in [5, 5.41) is 1.73. The van der Waals surface area contributed by atoms with Crippen LogP contribution in [0.2, 0.25) is 78.6 Å². The molecule has 138 valence electrons. The second-order valence-corrected chi connectivity index (χ2v) is 42.8. The highest BCUT2D eigenvalue weighted by atomic mass is 31.6. The van der Waals surface area contributed by atoms with Crippen LogP contribution in [0.1, 0.15) is 0 Å². The minimum atomic E-state index is -1.42. The molecule has 0 spiro atoms. The molecule has 0 bridgehead atoms. The van der Waals surface area contributed by atoms with Gasteiger partial charge in [0, 0.05) is 5.69 Å². The van der Waals surface area contributed by atoms with Crippen molar-refractivity contribution in [2.75, 3.05) is 4.23 Å². The fraction of sp³-hybridized carbons (Fsp3) is 0.667. The molecule has 24 heavy (non-hydrogen) atoms. The molecule has 0 saturated carbocycles. The Bertz CT molecular complexity index is 483. The average Bonchev–Trinajstić information content (AvgIpc) is 2.23. The van der Waals surface area contributed by atoms with Crippen LogP contribution in [0, 0.1) is 0 Å². The molecule has 0 aliphatic rings. The quantitative estimate of drug-likeness (QED) is 0.360. The van der Waals surface area contributed by atoms with E-state index in [1.165, 1.54) is 0 Å². The largest absolute Gasteiger partial charge is 0.424 e. The first kappa shape index (κ1) is 22.4. The average molecular weight is 414 g/mol. The molecule has 0 aromatic heterocycles. The maximum absolute atomic E-state index is 2.94. The molecular formula is C18H40NPSi4. The zero-order valence-corrected chi connectivity index (χ0v) is 23.1. The standard InChI is InChI=1S/C18H40NPSi4/c1-21(2,3)19(22(4,5)6)17-15-13-14-16-18(17)20(23(7,8)9)24(10,11)12/h13-16H,1-12H3. The minimum Gasteiger partial charge on any atom is -0.424 e. The van der Waals surface area contributed by atoms with Gasteiger partial charge in [-0.3, -0.25) is 0 Å². The number of benzene rings is 1. The molecule has 1 rings (SSSR count). The third kappa shape index (κ3) is 5.40. The van der Waals surface area contributed by atoms with Gasteiger partial charge < -0.3 is 4.23 Å². The third-order valence-corrected chi connectivity index (χ3v) is 36.4. The van der Waals surface area contributed by atoms with Crippen LogP contribution in [-0.2, 0) is 0 Å². The lowest BCUT2D eigenvalue weighted by atomic mass is 10.3. The number of anilines is 1. The molecule has 0 atom stereocenters. The van der Waals surface area contributed by atoms with Crippen molar-refractivity contribution >= 4 is 50.0 Å². The predicted molar refractivity (Wildman–Crippen MR) is 129 cm³/mol. The highest BCUT2D eigenvalue weighted by Crippen LogP contribution is 2.55. The van der Waals surface area contributed by atoms with Gasteiger partial charge in [0.15, 0.2) is 0 Å². The van der Waals surface area contributed by atoms with Crippen LogP contribution in [0.15, 0.2) is 24.3 Å². The Balaban J connectivity index is 3.71. The molecule has 0 fully saturated rings. The van der Waals surface area contributed by atoms with Crippen molar-refractivity contribution < 1.29 is 0 Å². The van der Waals surface area contributed by atoms with Crippen LogP contribution in [0.5, 0.6) is 0 Å². The monoisotopic (exact) mass is 413 g/mol. The van der Waals surface area contributed by atoms with E-state index < -0.39 is 32.0 Å². The van der Waals surface area contributed by atoms with Crippen molar-refractivity contribution in [3.63, 3.8) is 0 Å². The lowest BCUT2D eigenvalue weighted by molar-refractivity contribution is 1.36. The second kappa shape index (κ2) is 7.14. The topological polar surface area (TPSA) is 3.24 Å². The molecular weight excluding hydrogens is 374 g/mol. The Kier molecular flexibility index (Phi) is 6.66. The Morgan fingerprint density at radius 1 is 0.625 bits per heavy atom. The van der Waals surface area contributed by atoms with Crippen LogP contribution in [0.4, 0.5) is 5.69 Å². The van der Waals surface area contributed by atoms with E-state index in [-0.39, 0.29) is 7.02 Å². The molecule has 0 aliphatic heterocycles. The molecule has 1 aromatic rings. The van der Waals surface area contributed by atoms with Crippen molar-refractivity contribution in [1.29, 1.82) is 0 Å². The summed E-state index contributed by atoms with van der Waals surface area (Å²) in [5.41, 5.74) is 1.60. The molecule has 0 N–H and O–H groups in total.